The van der Waals surface area contributed by atoms with Crippen molar-refractivity contribution in [2.24, 2.45) is 0 Å². The Kier molecular flexibility index (Phi) is 5.41. The Morgan fingerprint density at radius 1 is 1.29 bits per heavy atom. The van der Waals surface area contributed by atoms with E-state index in [0.717, 1.165) is 33.9 Å². The van der Waals surface area contributed by atoms with E-state index in [9.17, 15) is 9.18 Å². The molecule has 1 aliphatic rings. The zero-order valence-corrected chi connectivity index (χ0v) is 14.4. The summed E-state index contributed by atoms with van der Waals surface area (Å²) in [5.74, 6) is 1.41. The predicted molar refractivity (Wildman–Crippen MR) is 93.9 cm³/mol. The van der Waals surface area contributed by atoms with Crippen LogP contribution in [-0.4, -0.2) is 18.3 Å². The molecule has 0 aliphatic carbocycles. The number of halogens is 1. The molecule has 0 unspecified atom stereocenters. The quantitative estimate of drug-likeness (QED) is 0.886. The first-order valence-electron chi connectivity index (χ1n) is 8.09. The van der Waals surface area contributed by atoms with Crippen LogP contribution in [0.25, 0.3) is 0 Å². The fourth-order valence-corrected chi connectivity index (χ4v) is 3.92. The molecule has 1 atom stereocenters. The second kappa shape index (κ2) is 7.71. The van der Waals surface area contributed by atoms with Crippen molar-refractivity contribution in [3.05, 3.63) is 59.4 Å². The maximum atomic E-state index is 13.5. The van der Waals surface area contributed by atoms with Crippen LogP contribution in [-0.2, 0) is 11.2 Å². The van der Waals surface area contributed by atoms with Gasteiger partial charge in [-0.05, 0) is 54.8 Å². The topological polar surface area (TPSA) is 38.3 Å². The van der Waals surface area contributed by atoms with Gasteiger partial charge in [-0.15, -0.1) is 11.8 Å². The fraction of sp³-hybridized carbons (Fsp3) is 0.316. The summed E-state index contributed by atoms with van der Waals surface area (Å²) in [4.78, 5) is 13.4. The molecule has 3 nitrogen and oxygen atoms in total. The first kappa shape index (κ1) is 16.8. The molecule has 126 valence electrons. The summed E-state index contributed by atoms with van der Waals surface area (Å²) in [5.41, 5.74) is 1.81. The van der Waals surface area contributed by atoms with E-state index < -0.39 is 0 Å². The Labute approximate surface area is 145 Å². The molecule has 3 rings (SSSR count). The van der Waals surface area contributed by atoms with Crippen molar-refractivity contribution in [2.75, 3.05) is 12.4 Å². The van der Waals surface area contributed by atoms with Crippen molar-refractivity contribution in [2.45, 2.75) is 30.7 Å². The molecule has 0 saturated carbocycles. The van der Waals surface area contributed by atoms with Gasteiger partial charge < -0.3 is 10.1 Å². The third kappa shape index (κ3) is 4.09. The number of carbonyl (C=O) groups excluding carboxylic acids is 1. The van der Waals surface area contributed by atoms with Gasteiger partial charge in [0.25, 0.3) is 0 Å². The standard InChI is InChI=1S/C19H20FNO2S/c1-2-23-15-6-3-13(4-7-15)11-19(22)21-17-9-10-24-18-8-5-14(20)12-16(17)18/h3-8,12,17H,2,9-11H2,1H3,(H,21,22)/t17-/m1/s1. The Morgan fingerprint density at radius 2 is 2.08 bits per heavy atom. The molecule has 1 heterocycles. The molecular formula is C19H20FNO2S. The average Bonchev–Trinajstić information content (AvgIpc) is 2.57. The van der Waals surface area contributed by atoms with Gasteiger partial charge in [-0.2, -0.15) is 0 Å². The van der Waals surface area contributed by atoms with E-state index in [1.807, 2.05) is 31.2 Å². The Morgan fingerprint density at radius 3 is 2.83 bits per heavy atom. The number of ether oxygens (including phenoxy) is 1. The molecule has 0 fully saturated rings. The lowest BCUT2D eigenvalue weighted by Crippen LogP contribution is -2.31. The highest BCUT2D eigenvalue weighted by Gasteiger charge is 2.22. The average molecular weight is 345 g/mol. The summed E-state index contributed by atoms with van der Waals surface area (Å²) in [7, 11) is 0. The lowest BCUT2D eigenvalue weighted by atomic mass is 10.0. The molecule has 0 aromatic heterocycles. The molecule has 1 amide bonds. The van der Waals surface area contributed by atoms with Crippen LogP contribution < -0.4 is 10.1 Å². The molecule has 1 N–H and O–H groups in total. The molecule has 2 aromatic carbocycles. The van der Waals surface area contributed by atoms with Crippen LogP contribution >= 0.6 is 11.8 Å². The second-order valence-corrected chi connectivity index (χ2v) is 6.83. The summed E-state index contributed by atoms with van der Waals surface area (Å²) >= 11 is 1.71. The molecule has 0 radical (unpaired) electrons. The first-order valence-corrected chi connectivity index (χ1v) is 9.07. The summed E-state index contributed by atoms with van der Waals surface area (Å²) in [5, 5.41) is 3.04. The largest absolute Gasteiger partial charge is 0.494 e. The van der Waals surface area contributed by atoms with Gasteiger partial charge >= 0.3 is 0 Å². The third-order valence-corrected chi connectivity index (χ3v) is 5.07. The Bertz CT molecular complexity index is 718. The minimum atomic E-state index is -0.262. The normalized spacial score (nSPS) is 16.3. The van der Waals surface area contributed by atoms with Gasteiger partial charge in [0, 0.05) is 10.6 Å². The van der Waals surface area contributed by atoms with Crippen LogP contribution in [0, 0.1) is 5.82 Å². The number of benzene rings is 2. The number of amides is 1. The zero-order chi connectivity index (χ0) is 16.9. The summed E-state index contributed by atoms with van der Waals surface area (Å²) in [6.07, 6.45) is 1.12. The molecule has 2 aromatic rings. The Hall–Kier alpha value is -2.01. The molecule has 1 aliphatic heterocycles. The number of hydrogen-bond donors (Lipinski definition) is 1. The van der Waals surface area contributed by atoms with Crippen molar-refractivity contribution in [1.29, 1.82) is 0 Å². The number of hydrogen-bond acceptors (Lipinski definition) is 3. The molecule has 24 heavy (non-hydrogen) atoms. The maximum absolute atomic E-state index is 13.5. The van der Waals surface area contributed by atoms with Gasteiger partial charge in [-0.3, -0.25) is 4.79 Å². The van der Waals surface area contributed by atoms with Crippen molar-refractivity contribution in [3.63, 3.8) is 0 Å². The summed E-state index contributed by atoms with van der Waals surface area (Å²) in [6, 6.07) is 12.2. The minimum absolute atomic E-state index is 0.0497. The monoisotopic (exact) mass is 345 g/mol. The van der Waals surface area contributed by atoms with Crippen molar-refractivity contribution in [3.8, 4) is 5.75 Å². The maximum Gasteiger partial charge on any atom is 0.224 e. The third-order valence-electron chi connectivity index (χ3n) is 3.95. The fourth-order valence-electron chi connectivity index (χ4n) is 2.82. The van der Waals surface area contributed by atoms with Gasteiger partial charge in [0.05, 0.1) is 19.1 Å². The smallest absolute Gasteiger partial charge is 0.224 e. The number of thioether (sulfide) groups is 1. The van der Waals surface area contributed by atoms with Gasteiger partial charge in [0.15, 0.2) is 0 Å². The van der Waals surface area contributed by atoms with E-state index in [1.54, 1.807) is 17.8 Å². The van der Waals surface area contributed by atoms with Crippen LogP contribution in [0.2, 0.25) is 0 Å². The Balaban J connectivity index is 1.64. The highest BCUT2D eigenvalue weighted by molar-refractivity contribution is 7.99. The lowest BCUT2D eigenvalue weighted by molar-refractivity contribution is -0.121. The predicted octanol–water partition coefficient (Wildman–Crippen LogP) is 4.12. The molecule has 0 spiro atoms. The van der Waals surface area contributed by atoms with Crippen LogP contribution in [0.3, 0.4) is 0 Å². The van der Waals surface area contributed by atoms with E-state index >= 15 is 0 Å². The van der Waals surface area contributed by atoms with E-state index in [1.165, 1.54) is 12.1 Å². The van der Waals surface area contributed by atoms with Gasteiger partial charge in [-0.25, -0.2) is 4.39 Å². The highest BCUT2D eigenvalue weighted by atomic mass is 32.2. The van der Waals surface area contributed by atoms with E-state index in [2.05, 4.69) is 5.32 Å². The minimum Gasteiger partial charge on any atom is -0.494 e. The number of rotatable bonds is 5. The van der Waals surface area contributed by atoms with Crippen LogP contribution in [0.1, 0.15) is 30.5 Å². The molecule has 0 saturated heterocycles. The number of fused-ring (bicyclic) bond motifs is 1. The van der Waals surface area contributed by atoms with Crippen molar-refractivity contribution in [1.82, 2.24) is 5.32 Å². The van der Waals surface area contributed by atoms with E-state index in [4.69, 9.17) is 4.74 Å². The van der Waals surface area contributed by atoms with Crippen molar-refractivity contribution < 1.29 is 13.9 Å². The van der Waals surface area contributed by atoms with Crippen LogP contribution in [0.5, 0.6) is 5.75 Å². The summed E-state index contributed by atoms with van der Waals surface area (Å²) < 4.78 is 18.9. The van der Waals surface area contributed by atoms with Crippen LogP contribution in [0.4, 0.5) is 4.39 Å². The lowest BCUT2D eigenvalue weighted by Gasteiger charge is -2.26. The molecule has 0 bridgehead atoms. The number of nitrogens with one attached hydrogen (secondary N) is 1. The second-order valence-electron chi connectivity index (χ2n) is 5.69. The number of carbonyl (C=O) groups is 1. The van der Waals surface area contributed by atoms with Gasteiger partial charge in [0.2, 0.25) is 5.91 Å². The zero-order valence-electron chi connectivity index (χ0n) is 13.5. The molecular weight excluding hydrogens is 325 g/mol. The highest BCUT2D eigenvalue weighted by Crippen LogP contribution is 2.36. The van der Waals surface area contributed by atoms with Crippen molar-refractivity contribution >= 4 is 17.7 Å². The first-order chi connectivity index (χ1) is 11.7. The van der Waals surface area contributed by atoms with Crippen LogP contribution in [0.15, 0.2) is 47.4 Å². The van der Waals surface area contributed by atoms with Gasteiger partial charge in [-0.1, -0.05) is 12.1 Å². The molecule has 5 heteroatoms. The summed E-state index contributed by atoms with van der Waals surface area (Å²) in [6.45, 7) is 2.56. The van der Waals surface area contributed by atoms with E-state index in [-0.39, 0.29) is 17.8 Å². The SMILES string of the molecule is CCOc1ccc(CC(=O)N[C@@H]2CCSc3ccc(F)cc32)cc1. The van der Waals surface area contributed by atoms with Gasteiger partial charge in [0.1, 0.15) is 11.6 Å². The van der Waals surface area contributed by atoms with E-state index in [0.29, 0.717) is 13.0 Å².